The van der Waals surface area contributed by atoms with Gasteiger partial charge in [-0.1, -0.05) is 24.3 Å². The van der Waals surface area contributed by atoms with Crippen LogP contribution in [0, 0.1) is 0 Å². The number of ether oxygens (including phenoxy) is 1. The first-order chi connectivity index (χ1) is 8.54. The lowest BCUT2D eigenvalue weighted by Gasteiger charge is -1.99. The van der Waals surface area contributed by atoms with Gasteiger partial charge in [-0.05, 0) is 28.1 Å². The Morgan fingerprint density at radius 1 is 1.61 bits per heavy atom. The van der Waals surface area contributed by atoms with Gasteiger partial charge >= 0.3 is 5.97 Å². The van der Waals surface area contributed by atoms with Crippen molar-refractivity contribution in [1.82, 2.24) is 4.98 Å². The molecule has 6 heteroatoms. The number of carbonyl (C=O) groups excluding carboxylic acids is 1. The molecule has 0 spiro atoms. The first-order valence-corrected chi connectivity index (χ1v) is 6.19. The van der Waals surface area contributed by atoms with Gasteiger partial charge in [-0.15, -0.1) is 0 Å². The number of hydrogen-bond acceptors (Lipinski definition) is 3. The molecule has 0 aliphatic heterocycles. The summed E-state index contributed by atoms with van der Waals surface area (Å²) >= 11 is 9.19. The normalized spacial score (nSPS) is 10.6. The minimum Gasteiger partial charge on any atom is -0.505 e. The first-order valence-electron chi connectivity index (χ1n) is 5.02. The van der Waals surface area contributed by atoms with Crippen LogP contribution in [0.1, 0.15) is 10.5 Å². The molecule has 2 N–H and O–H groups in total. The molecule has 0 saturated heterocycles. The number of H-pyrrole nitrogens is 1. The van der Waals surface area contributed by atoms with Gasteiger partial charge < -0.3 is 14.8 Å². The van der Waals surface area contributed by atoms with Crippen LogP contribution in [0.3, 0.4) is 0 Å². The summed E-state index contributed by atoms with van der Waals surface area (Å²) in [6.07, 6.45) is 1.45. The maximum atomic E-state index is 11.7. The predicted molar refractivity (Wildman–Crippen MR) is 73.2 cm³/mol. The zero-order chi connectivity index (χ0) is 13.3. The van der Waals surface area contributed by atoms with Gasteiger partial charge in [-0.3, -0.25) is 0 Å². The van der Waals surface area contributed by atoms with Crippen molar-refractivity contribution in [2.75, 3.05) is 6.61 Å². The largest absolute Gasteiger partial charge is 0.505 e. The molecule has 2 aromatic rings. The van der Waals surface area contributed by atoms with Gasteiger partial charge in [-0.25, -0.2) is 4.79 Å². The predicted octanol–water partition coefficient (Wildman–Crippen LogP) is 3.63. The second-order valence-electron chi connectivity index (χ2n) is 3.55. The Balaban J connectivity index is 2.50. The third-order valence-corrected chi connectivity index (χ3v) is 3.55. The summed E-state index contributed by atoms with van der Waals surface area (Å²) < 4.78 is 5.49. The number of carbonyl (C=O) groups is 1. The van der Waals surface area contributed by atoms with E-state index in [4.69, 9.17) is 16.3 Å². The summed E-state index contributed by atoms with van der Waals surface area (Å²) in [7, 11) is 0. The number of fused-ring (bicyclic) bond motifs is 1. The maximum Gasteiger partial charge on any atom is 0.358 e. The number of halogens is 2. The number of aromatic amines is 1. The molecule has 1 aromatic heterocycles. The molecular formula is C12H9BrClNO3. The Morgan fingerprint density at radius 3 is 3.00 bits per heavy atom. The van der Waals surface area contributed by atoms with E-state index >= 15 is 0 Å². The van der Waals surface area contributed by atoms with Crippen LogP contribution in [-0.2, 0) is 4.74 Å². The van der Waals surface area contributed by atoms with Crippen LogP contribution in [0.25, 0.3) is 10.9 Å². The molecule has 18 heavy (non-hydrogen) atoms. The van der Waals surface area contributed by atoms with Crippen molar-refractivity contribution in [3.05, 3.63) is 40.0 Å². The SMILES string of the molecule is C=CCOC(=O)c1[nH]c2cc(Cl)c(Br)cc2c1O. The van der Waals surface area contributed by atoms with Crippen LogP contribution < -0.4 is 0 Å². The van der Waals surface area contributed by atoms with E-state index in [9.17, 15) is 9.90 Å². The Labute approximate surface area is 116 Å². The lowest BCUT2D eigenvalue weighted by molar-refractivity contribution is 0.0541. The highest BCUT2D eigenvalue weighted by atomic mass is 79.9. The third-order valence-electron chi connectivity index (χ3n) is 2.35. The topological polar surface area (TPSA) is 62.3 Å². The van der Waals surface area contributed by atoms with Gasteiger partial charge in [0.15, 0.2) is 11.4 Å². The average Bonchev–Trinajstić information content (AvgIpc) is 2.65. The molecule has 0 fully saturated rings. The van der Waals surface area contributed by atoms with Gasteiger partial charge in [0, 0.05) is 9.86 Å². The first kappa shape index (κ1) is 13.0. The number of benzene rings is 1. The van der Waals surface area contributed by atoms with E-state index in [1.807, 2.05) is 0 Å². The monoisotopic (exact) mass is 329 g/mol. The molecular weight excluding hydrogens is 321 g/mol. The number of nitrogens with one attached hydrogen (secondary N) is 1. The maximum absolute atomic E-state index is 11.7. The van der Waals surface area contributed by atoms with Crippen LogP contribution in [0.5, 0.6) is 5.75 Å². The zero-order valence-electron chi connectivity index (χ0n) is 9.17. The van der Waals surface area contributed by atoms with Gasteiger partial charge in [0.1, 0.15) is 6.61 Å². The zero-order valence-corrected chi connectivity index (χ0v) is 11.5. The Kier molecular flexibility index (Phi) is 3.63. The van der Waals surface area contributed by atoms with Crippen molar-refractivity contribution in [3.8, 4) is 5.75 Å². The van der Waals surface area contributed by atoms with Gasteiger partial charge in [0.05, 0.1) is 10.5 Å². The molecule has 0 radical (unpaired) electrons. The smallest absolute Gasteiger partial charge is 0.358 e. The average molecular weight is 331 g/mol. The van der Waals surface area contributed by atoms with Crippen molar-refractivity contribution < 1.29 is 14.6 Å². The molecule has 1 heterocycles. The summed E-state index contributed by atoms with van der Waals surface area (Å²) in [5.74, 6) is -0.799. The lowest BCUT2D eigenvalue weighted by Crippen LogP contribution is -2.05. The quantitative estimate of drug-likeness (QED) is 0.667. The fourth-order valence-electron chi connectivity index (χ4n) is 1.53. The van der Waals surface area contributed by atoms with E-state index in [-0.39, 0.29) is 18.1 Å². The highest BCUT2D eigenvalue weighted by Gasteiger charge is 2.19. The molecule has 0 aliphatic carbocycles. The molecule has 0 atom stereocenters. The number of rotatable bonds is 3. The van der Waals surface area contributed by atoms with Crippen LogP contribution in [0.15, 0.2) is 29.3 Å². The Bertz CT molecular complexity index is 636. The summed E-state index contributed by atoms with van der Waals surface area (Å²) in [6, 6.07) is 3.25. The second kappa shape index (κ2) is 5.04. The molecule has 0 aliphatic rings. The van der Waals surface area contributed by atoms with E-state index in [1.54, 1.807) is 12.1 Å². The van der Waals surface area contributed by atoms with Gasteiger partial charge in [0.25, 0.3) is 0 Å². The Hall–Kier alpha value is -1.46. The fourth-order valence-corrected chi connectivity index (χ4v) is 2.04. The molecule has 94 valence electrons. The summed E-state index contributed by atoms with van der Waals surface area (Å²) in [5.41, 5.74) is 0.562. The van der Waals surface area contributed by atoms with E-state index in [0.717, 1.165) is 0 Å². The van der Waals surface area contributed by atoms with Crippen LogP contribution in [-0.4, -0.2) is 22.7 Å². The minimum absolute atomic E-state index is 0.000941. The Morgan fingerprint density at radius 2 is 2.33 bits per heavy atom. The summed E-state index contributed by atoms with van der Waals surface area (Å²) in [6.45, 7) is 3.52. The van der Waals surface area contributed by atoms with E-state index in [1.165, 1.54) is 6.08 Å². The highest BCUT2D eigenvalue weighted by molar-refractivity contribution is 9.10. The number of hydrogen-bond donors (Lipinski definition) is 2. The lowest BCUT2D eigenvalue weighted by atomic mass is 10.2. The second-order valence-corrected chi connectivity index (χ2v) is 4.81. The number of aromatic nitrogens is 1. The van der Waals surface area contributed by atoms with Crippen molar-refractivity contribution >= 4 is 44.4 Å². The molecule has 1 aromatic carbocycles. The summed E-state index contributed by atoms with van der Waals surface area (Å²) in [4.78, 5) is 14.4. The van der Waals surface area contributed by atoms with Crippen molar-refractivity contribution in [2.45, 2.75) is 0 Å². The van der Waals surface area contributed by atoms with Crippen molar-refractivity contribution in [2.24, 2.45) is 0 Å². The molecule has 0 unspecified atom stereocenters. The number of aromatic hydroxyl groups is 1. The highest BCUT2D eigenvalue weighted by Crippen LogP contribution is 2.35. The number of esters is 1. The standard InChI is InChI=1S/C12H9BrClNO3/c1-2-3-18-12(17)10-11(16)6-4-7(13)8(14)5-9(6)15-10/h2,4-5,15-16H,1,3H2. The van der Waals surface area contributed by atoms with Gasteiger partial charge in [-0.2, -0.15) is 0 Å². The molecule has 2 rings (SSSR count). The van der Waals surface area contributed by atoms with Crippen LogP contribution in [0.4, 0.5) is 0 Å². The molecule has 4 nitrogen and oxygen atoms in total. The van der Waals surface area contributed by atoms with E-state index in [2.05, 4.69) is 27.5 Å². The van der Waals surface area contributed by atoms with Crippen molar-refractivity contribution in [3.63, 3.8) is 0 Å². The van der Waals surface area contributed by atoms with E-state index < -0.39 is 5.97 Å². The molecule has 0 amide bonds. The third kappa shape index (κ3) is 2.23. The van der Waals surface area contributed by atoms with Crippen molar-refractivity contribution in [1.29, 1.82) is 0 Å². The van der Waals surface area contributed by atoms with Crippen LogP contribution in [0.2, 0.25) is 5.02 Å². The minimum atomic E-state index is -0.643. The molecule has 0 bridgehead atoms. The molecule has 0 saturated carbocycles. The van der Waals surface area contributed by atoms with Gasteiger partial charge in [0.2, 0.25) is 0 Å². The summed E-state index contributed by atoms with van der Waals surface area (Å²) in [5, 5.41) is 10.9. The van der Waals surface area contributed by atoms with Crippen LogP contribution >= 0.6 is 27.5 Å². The fraction of sp³-hybridized carbons (Fsp3) is 0.0833. The van der Waals surface area contributed by atoms with E-state index in [0.29, 0.717) is 20.4 Å².